The Morgan fingerprint density at radius 2 is 2.12 bits per heavy atom. The van der Waals surface area contributed by atoms with Crippen molar-refractivity contribution < 1.29 is 19.7 Å². The Bertz CT molecular complexity index is 439. The third-order valence-corrected chi connectivity index (χ3v) is 2.19. The van der Waals surface area contributed by atoms with Crippen molar-refractivity contribution in [2.45, 2.75) is 19.4 Å². The van der Waals surface area contributed by atoms with Gasteiger partial charge in [0.05, 0.1) is 6.61 Å². The lowest BCUT2D eigenvalue weighted by Gasteiger charge is -2.28. The number of aliphatic hydroxyl groups excluding tert-OH is 2. The van der Waals surface area contributed by atoms with E-state index >= 15 is 0 Å². The van der Waals surface area contributed by atoms with Crippen LogP contribution in [0.25, 0.3) is 0 Å². The minimum atomic E-state index is -1.25. The summed E-state index contributed by atoms with van der Waals surface area (Å²) >= 11 is 0. The number of fused-ring (bicyclic) bond motifs is 1. The maximum absolute atomic E-state index is 11.6. The van der Waals surface area contributed by atoms with Gasteiger partial charge in [-0.15, -0.1) is 0 Å². The Balaban J connectivity index is 2.36. The molecule has 2 rings (SSSR count). The molecule has 2 atom stereocenters. The zero-order valence-corrected chi connectivity index (χ0v) is 9.04. The number of anilines is 2. The Labute approximate surface area is 96.7 Å². The van der Waals surface area contributed by atoms with Crippen molar-refractivity contribution in [3.8, 4) is 0 Å². The second-order valence-corrected chi connectivity index (χ2v) is 3.34. The zero-order chi connectivity index (χ0) is 12.4. The van der Waals surface area contributed by atoms with Crippen LogP contribution >= 0.6 is 0 Å². The smallest absolute Gasteiger partial charge is 0.359 e. The normalized spacial score (nSPS) is 22.1. The van der Waals surface area contributed by atoms with Crippen molar-refractivity contribution in [1.29, 1.82) is 0 Å². The SMILES string of the molecule is CCOC(=O)c1ncnc2c1NC(O)C(O)N2. The van der Waals surface area contributed by atoms with Crippen LogP contribution in [0.1, 0.15) is 17.4 Å². The van der Waals surface area contributed by atoms with Gasteiger partial charge in [-0.1, -0.05) is 0 Å². The molecule has 0 aliphatic carbocycles. The maximum Gasteiger partial charge on any atom is 0.359 e. The van der Waals surface area contributed by atoms with Gasteiger partial charge in [-0.2, -0.15) is 0 Å². The summed E-state index contributed by atoms with van der Waals surface area (Å²) in [5, 5.41) is 23.9. The number of carbonyl (C=O) groups excluding carboxylic acids is 1. The topological polar surface area (TPSA) is 117 Å². The lowest BCUT2D eigenvalue weighted by molar-refractivity contribution is 0.0490. The quantitative estimate of drug-likeness (QED) is 0.493. The molecular weight excluding hydrogens is 228 g/mol. The van der Waals surface area contributed by atoms with Gasteiger partial charge in [0.25, 0.3) is 0 Å². The number of esters is 1. The van der Waals surface area contributed by atoms with Crippen molar-refractivity contribution in [2.75, 3.05) is 17.2 Å². The standard InChI is InChI=1S/C9H12N4O4/c1-2-17-9(16)5-4-6(11-3-10-5)13-8(15)7(14)12-4/h3,7-8,12,14-15H,2H2,1H3,(H,10,11,13). The van der Waals surface area contributed by atoms with Crippen LogP contribution in [0.4, 0.5) is 11.5 Å². The number of aliphatic hydroxyl groups is 2. The fraction of sp³-hybridized carbons (Fsp3) is 0.444. The van der Waals surface area contributed by atoms with E-state index in [9.17, 15) is 15.0 Å². The summed E-state index contributed by atoms with van der Waals surface area (Å²) in [4.78, 5) is 19.2. The van der Waals surface area contributed by atoms with Gasteiger partial charge in [-0.05, 0) is 6.92 Å². The second-order valence-electron chi connectivity index (χ2n) is 3.34. The highest BCUT2D eigenvalue weighted by Crippen LogP contribution is 2.27. The number of nitrogens with zero attached hydrogens (tertiary/aromatic N) is 2. The lowest BCUT2D eigenvalue weighted by Crippen LogP contribution is -2.43. The fourth-order valence-corrected chi connectivity index (χ4v) is 1.43. The number of rotatable bonds is 2. The minimum Gasteiger partial charge on any atom is -0.461 e. The summed E-state index contributed by atoms with van der Waals surface area (Å²) in [6, 6.07) is 0. The monoisotopic (exact) mass is 240 g/mol. The van der Waals surface area contributed by atoms with Gasteiger partial charge in [-0.25, -0.2) is 14.8 Å². The highest BCUT2D eigenvalue weighted by Gasteiger charge is 2.29. The van der Waals surface area contributed by atoms with Gasteiger partial charge in [0.2, 0.25) is 0 Å². The van der Waals surface area contributed by atoms with E-state index in [1.807, 2.05) is 0 Å². The van der Waals surface area contributed by atoms with E-state index in [0.29, 0.717) is 0 Å². The Morgan fingerprint density at radius 3 is 2.82 bits per heavy atom. The molecule has 8 heteroatoms. The molecule has 1 aromatic heterocycles. The fourth-order valence-electron chi connectivity index (χ4n) is 1.43. The summed E-state index contributed by atoms with van der Waals surface area (Å²) in [5.74, 6) is -0.384. The van der Waals surface area contributed by atoms with E-state index in [-0.39, 0.29) is 23.8 Å². The molecule has 2 heterocycles. The zero-order valence-electron chi connectivity index (χ0n) is 9.04. The molecule has 1 aliphatic rings. The van der Waals surface area contributed by atoms with E-state index in [1.54, 1.807) is 6.92 Å². The molecule has 17 heavy (non-hydrogen) atoms. The number of hydrogen-bond acceptors (Lipinski definition) is 8. The second kappa shape index (κ2) is 4.52. The van der Waals surface area contributed by atoms with Crippen LogP contribution in [-0.2, 0) is 4.74 Å². The predicted molar refractivity (Wildman–Crippen MR) is 57.2 cm³/mol. The molecule has 0 saturated heterocycles. The van der Waals surface area contributed by atoms with Crippen LogP contribution in [0.3, 0.4) is 0 Å². The van der Waals surface area contributed by atoms with Crippen LogP contribution in [0.15, 0.2) is 6.33 Å². The molecule has 0 spiro atoms. The largest absolute Gasteiger partial charge is 0.461 e. The molecule has 92 valence electrons. The summed E-state index contributed by atoms with van der Waals surface area (Å²) in [6.45, 7) is 1.89. The van der Waals surface area contributed by atoms with E-state index < -0.39 is 18.4 Å². The molecular formula is C9H12N4O4. The summed E-state index contributed by atoms with van der Waals surface area (Å²) in [7, 11) is 0. The number of hydrogen-bond donors (Lipinski definition) is 4. The van der Waals surface area contributed by atoms with Crippen LogP contribution in [0.2, 0.25) is 0 Å². The summed E-state index contributed by atoms with van der Waals surface area (Å²) < 4.78 is 4.81. The number of nitrogens with one attached hydrogen (secondary N) is 2. The van der Waals surface area contributed by atoms with Gasteiger partial charge in [0.1, 0.15) is 12.0 Å². The van der Waals surface area contributed by atoms with Crippen molar-refractivity contribution >= 4 is 17.5 Å². The molecule has 1 aliphatic heterocycles. The first-order chi connectivity index (χ1) is 8.13. The lowest BCUT2D eigenvalue weighted by atomic mass is 10.2. The molecule has 8 nitrogen and oxygen atoms in total. The minimum absolute atomic E-state index is 0.00954. The van der Waals surface area contributed by atoms with Crippen molar-refractivity contribution in [3.05, 3.63) is 12.0 Å². The van der Waals surface area contributed by atoms with Gasteiger partial charge in [0.15, 0.2) is 24.0 Å². The average molecular weight is 240 g/mol. The van der Waals surface area contributed by atoms with Crippen molar-refractivity contribution in [3.63, 3.8) is 0 Å². The van der Waals surface area contributed by atoms with Crippen LogP contribution in [0, 0.1) is 0 Å². The molecule has 4 N–H and O–H groups in total. The molecule has 0 radical (unpaired) electrons. The molecule has 0 aromatic carbocycles. The molecule has 2 unspecified atom stereocenters. The molecule has 0 amide bonds. The summed E-state index contributed by atoms with van der Waals surface area (Å²) in [6.07, 6.45) is -1.28. The van der Waals surface area contributed by atoms with Crippen LogP contribution < -0.4 is 10.6 Å². The molecule has 0 saturated carbocycles. The molecule has 0 fully saturated rings. The van der Waals surface area contributed by atoms with Crippen LogP contribution in [0.5, 0.6) is 0 Å². The van der Waals surface area contributed by atoms with Crippen molar-refractivity contribution in [2.24, 2.45) is 0 Å². The van der Waals surface area contributed by atoms with E-state index in [2.05, 4.69) is 20.6 Å². The van der Waals surface area contributed by atoms with Gasteiger partial charge in [0, 0.05) is 0 Å². The third kappa shape index (κ3) is 2.12. The predicted octanol–water partition coefficient (Wildman–Crippen LogP) is -0.873. The maximum atomic E-state index is 11.6. The van der Waals surface area contributed by atoms with Crippen molar-refractivity contribution in [1.82, 2.24) is 9.97 Å². The first-order valence-electron chi connectivity index (χ1n) is 5.04. The first-order valence-corrected chi connectivity index (χ1v) is 5.04. The highest BCUT2D eigenvalue weighted by atomic mass is 16.5. The Morgan fingerprint density at radius 1 is 1.41 bits per heavy atom. The van der Waals surface area contributed by atoms with E-state index in [0.717, 1.165) is 0 Å². The van der Waals surface area contributed by atoms with E-state index in [4.69, 9.17) is 4.74 Å². The van der Waals surface area contributed by atoms with E-state index in [1.165, 1.54) is 6.33 Å². The molecule has 0 bridgehead atoms. The van der Waals surface area contributed by atoms with Gasteiger partial charge < -0.3 is 25.6 Å². The van der Waals surface area contributed by atoms with Gasteiger partial charge in [-0.3, -0.25) is 0 Å². The number of carbonyl (C=O) groups is 1. The Kier molecular flexibility index (Phi) is 3.07. The van der Waals surface area contributed by atoms with Gasteiger partial charge >= 0.3 is 5.97 Å². The average Bonchev–Trinajstić information content (AvgIpc) is 2.30. The van der Waals surface area contributed by atoms with Crippen LogP contribution in [-0.4, -0.2) is 45.2 Å². The third-order valence-electron chi connectivity index (χ3n) is 2.19. The first kappa shape index (κ1) is 11.6. The Hall–Kier alpha value is -1.93. The highest BCUT2D eigenvalue weighted by molar-refractivity contribution is 5.96. The summed E-state index contributed by atoms with van der Waals surface area (Å²) in [5.41, 5.74) is 0.221. The molecule has 1 aromatic rings. The number of ether oxygens (including phenoxy) is 1. The number of aromatic nitrogens is 2.